The van der Waals surface area contributed by atoms with Crippen LogP contribution in [0.3, 0.4) is 0 Å². The predicted molar refractivity (Wildman–Crippen MR) is 135 cm³/mol. The first-order valence-electron chi connectivity index (χ1n) is 10.5. The number of anilines is 1. The van der Waals surface area contributed by atoms with Crippen molar-refractivity contribution < 1.29 is 22.4 Å². The summed E-state index contributed by atoms with van der Waals surface area (Å²) in [5.41, 5.74) is 11.9. The van der Waals surface area contributed by atoms with E-state index in [2.05, 4.69) is 9.98 Å². The summed E-state index contributed by atoms with van der Waals surface area (Å²) >= 11 is 6.40. The average Bonchev–Trinajstić information content (AvgIpc) is 2.74. The number of guanidine groups is 2. The lowest BCUT2D eigenvalue weighted by Gasteiger charge is -2.38. The Bertz CT molecular complexity index is 1120. The summed E-state index contributed by atoms with van der Waals surface area (Å²) in [6.07, 6.45) is 0.736. The highest BCUT2D eigenvalue weighted by Gasteiger charge is 2.33. The van der Waals surface area contributed by atoms with Gasteiger partial charge in [-0.3, -0.25) is 9.45 Å². The van der Waals surface area contributed by atoms with Gasteiger partial charge in [-0.15, -0.1) is 0 Å². The van der Waals surface area contributed by atoms with E-state index in [1.807, 2.05) is 50.2 Å². The number of benzene rings is 2. The molecular formula is C22H30ClN5O5S. The van der Waals surface area contributed by atoms with Gasteiger partial charge < -0.3 is 20.9 Å². The fraction of sp³-hybridized carbons (Fsp3) is 0.364. The normalized spacial score (nSPS) is 14.9. The van der Waals surface area contributed by atoms with E-state index in [0.29, 0.717) is 24.0 Å². The van der Waals surface area contributed by atoms with E-state index < -0.39 is 15.8 Å². The zero-order chi connectivity index (χ0) is 25.4. The molecule has 2 aromatic rings. The molecule has 0 amide bonds. The lowest BCUT2D eigenvalue weighted by molar-refractivity contribution is 0.247. The molecule has 0 unspecified atom stereocenters. The van der Waals surface area contributed by atoms with Crippen molar-refractivity contribution in [2.45, 2.75) is 32.9 Å². The second kappa shape index (κ2) is 11.9. The van der Waals surface area contributed by atoms with Crippen LogP contribution in [0.25, 0.3) is 0 Å². The molecule has 0 aromatic heterocycles. The Morgan fingerprint density at radius 1 is 1.09 bits per heavy atom. The van der Waals surface area contributed by atoms with Crippen LogP contribution in [-0.4, -0.2) is 49.5 Å². The van der Waals surface area contributed by atoms with Gasteiger partial charge in [-0.1, -0.05) is 29.8 Å². The van der Waals surface area contributed by atoms with Crippen molar-refractivity contribution in [1.29, 1.82) is 0 Å². The van der Waals surface area contributed by atoms with Gasteiger partial charge in [0.1, 0.15) is 17.2 Å². The van der Waals surface area contributed by atoms with Crippen LogP contribution in [0.1, 0.15) is 27.2 Å². The summed E-state index contributed by atoms with van der Waals surface area (Å²) < 4.78 is 38.3. The number of nitrogens with zero attached hydrogens (tertiary/aromatic N) is 3. The van der Waals surface area contributed by atoms with Gasteiger partial charge in [0.15, 0.2) is 0 Å². The predicted octanol–water partition coefficient (Wildman–Crippen LogP) is 3.27. The second-order valence-electron chi connectivity index (χ2n) is 7.62. The van der Waals surface area contributed by atoms with Gasteiger partial charge >= 0.3 is 0 Å². The monoisotopic (exact) mass is 511 g/mol. The SMILES string of the molecule is CC1(C)N=C(N)N=C(N)N1c1ccc(OCCCOc2ccccc2)c(Cl)c1.CCS(=O)(=O)O. The van der Waals surface area contributed by atoms with Crippen LogP contribution in [0.4, 0.5) is 5.69 Å². The first-order chi connectivity index (χ1) is 15.9. The van der Waals surface area contributed by atoms with Crippen LogP contribution in [0, 0.1) is 0 Å². The lowest BCUT2D eigenvalue weighted by atomic mass is 10.1. The Kier molecular flexibility index (Phi) is 9.54. The van der Waals surface area contributed by atoms with Gasteiger partial charge in [-0.05, 0) is 51.1 Å². The fourth-order valence-corrected chi connectivity index (χ4v) is 3.17. The number of halogens is 1. The molecule has 0 fully saturated rings. The molecule has 2 aromatic carbocycles. The maximum Gasteiger partial charge on any atom is 0.264 e. The molecule has 0 bridgehead atoms. The van der Waals surface area contributed by atoms with Crippen LogP contribution in [0.15, 0.2) is 58.5 Å². The van der Waals surface area contributed by atoms with Gasteiger partial charge in [-0.25, -0.2) is 4.99 Å². The molecule has 1 aliphatic rings. The fourth-order valence-electron chi connectivity index (χ4n) is 2.94. The molecule has 10 nitrogen and oxygen atoms in total. The summed E-state index contributed by atoms with van der Waals surface area (Å²) in [6.45, 7) is 6.22. The molecule has 3 rings (SSSR count). The highest BCUT2D eigenvalue weighted by atomic mass is 35.5. The van der Waals surface area contributed by atoms with Crippen molar-refractivity contribution >= 4 is 39.3 Å². The molecule has 0 atom stereocenters. The smallest absolute Gasteiger partial charge is 0.264 e. The van der Waals surface area contributed by atoms with E-state index in [0.717, 1.165) is 17.9 Å². The molecule has 186 valence electrons. The van der Waals surface area contributed by atoms with Crippen molar-refractivity contribution in [3.8, 4) is 11.5 Å². The first-order valence-corrected chi connectivity index (χ1v) is 12.5. The topological polar surface area (TPSA) is 153 Å². The summed E-state index contributed by atoms with van der Waals surface area (Å²) in [5, 5.41) is 0.479. The van der Waals surface area contributed by atoms with Gasteiger partial charge in [-0.2, -0.15) is 13.4 Å². The summed E-state index contributed by atoms with van der Waals surface area (Å²) in [4.78, 5) is 10.1. The van der Waals surface area contributed by atoms with Crippen LogP contribution in [0.5, 0.6) is 11.5 Å². The lowest BCUT2D eigenvalue weighted by Crippen LogP contribution is -2.54. The zero-order valence-corrected chi connectivity index (χ0v) is 20.9. The highest BCUT2D eigenvalue weighted by Crippen LogP contribution is 2.33. The quantitative estimate of drug-likeness (QED) is 0.360. The van der Waals surface area contributed by atoms with Crippen molar-refractivity contribution in [3.05, 3.63) is 53.6 Å². The van der Waals surface area contributed by atoms with Crippen LogP contribution in [-0.2, 0) is 10.1 Å². The van der Waals surface area contributed by atoms with Crippen molar-refractivity contribution in [2.75, 3.05) is 23.9 Å². The van der Waals surface area contributed by atoms with E-state index in [1.165, 1.54) is 6.92 Å². The highest BCUT2D eigenvalue weighted by molar-refractivity contribution is 7.85. The van der Waals surface area contributed by atoms with Crippen LogP contribution < -0.4 is 25.8 Å². The number of nitrogens with two attached hydrogens (primary N) is 2. The third-order valence-electron chi connectivity index (χ3n) is 4.49. The van der Waals surface area contributed by atoms with Crippen molar-refractivity contribution in [2.24, 2.45) is 21.5 Å². The number of ether oxygens (including phenoxy) is 2. The number of hydrogen-bond acceptors (Lipinski definition) is 9. The molecule has 0 radical (unpaired) electrons. The zero-order valence-electron chi connectivity index (χ0n) is 19.3. The molecule has 12 heteroatoms. The standard InChI is InChI=1S/C20H24ClN5O2.C2H6O3S/c1-20(2)25-18(22)24-19(23)26(20)14-9-10-17(16(21)13-14)28-12-6-11-27-15-7-4-3-5-8-15;1-2-6(3,4)5/h3-5,7-10,13H,6,11-12H2,1-2H3,(H4,22,23,24,25);2H2,1H3,(H,3,4,5). The van der Waals surface area contributed by atoms with Gasteiger partial charge in [0, 0.05) is 12.1 Å². The molecule has 0 spiro atoms. The minimum absolute atomic E-state index is 0.155. The maximum absolute atomic E-state index is 9.56. The minimum Gasteiger partial charge on any atom is -0.493 e. The van der Waals surface area contributed by atoms with Gasteiger partial charge in [0.05, 0.1) is 24.0 Å². The molecule has 5 N–H and O–H groups in total. The van der Waals surface area contributed by atoms with Gasteiger partial charge in [0.2, 0.25) is 11.9 Å². The largest absolute Gasteiger partial charge is 0.493 e. The molecule has 0 aliphatic carbocycles. The molecule has 1 heterocycles. The summed E-state index contributed by atoms with van der Waals surface area (Å²) in [5.74, 6) is 1.66. The first kappa shape index (κ1) is 27.2. The van der Waals surface area contributed by atoms with E-state index in [-0.39, 0.29) is 17.7 Å². The summed E-state index contributed by atoms with van der Waals surface area (Å²) in [6, 6.07) is 15.1. The average molecular weight is 512 g/mol. The number of hydrogen-bond donors (Lipinski definition) is 3. The third-order valence-corrected chi connectivity index (χ3v) is 5.52. The molecule has 0 saturated heterocycles. The van der Waals surface area contributed by atoms with Crippen LogP contribution >= 0.6 is 11.6 Å². The third kappa shape index (κ3) is 8.40. The number of para-hydroxylation sites is 1. The van der Waals surface area contributed by atoms with Crippen molar-refractivity contribution in [1.82, 2.24) is 0 Å². The Balaban J connectivity index is 0.000000604. The van der Waals surface area contributed by atoms with E-state index in [1.54, 1.807) is 17.0 Å². The van der Waals surface area contributed by atoms with E-state index in [9.17, 15) is 8.42 Å². The Morgan fingerprint density at radius 2 is 1.71 bits per heavy atom. The maximum atomic E-state index is 9.56. The minimum atomic E-state index is -3.66. The van der Waals surface area contributed by atoms with Crippen LogP contribution in [0.2, 0.25) is 5.02 Å². The van der Waals surface area contributed by atoms with E-state index >= 15 is 0 Å². The summed E-state index contributed by atoms with van der Waals surface area (Å²) in [7, 11) is -3.66. The molecule has 1 aliphatic heterocycles. The number of rotatable bonds is 8. The Morgan fingerprint density at radius 3 is 2.26 bits per heavy atom. The Labute approximate surface area is 205 Å². The molecular weight excluding hydrogens is 482 g/mol. The van der Waals surface area contributed by atoms with Crippen molar-refractivity contribution in [3.63, 3.8) is 0 Å². The van der Waals surface area contributed by atoms with Gasteiger partial charge in [0.25, 0.3) is 10.1 Å². The molecule has 0 saturated carbocycles. The number of aliphatic imine (C=N–C) groups is 2. The second-order valence-corrected chi connectivity index (χ2v) is 9.77. The van der Waals surface area contributed by atoms with E-state index in [4.69, 9.17) is 37.1 Å². The molecule has 34 heavy (non-hydrogen) atoms. The Hall–Kier alpha value is -3.02.